The van der Waals surface area contributed by atoms with Crippen LogP contribution in [0.4, 0.5) is 5.95 Å². The van der Waals surface area contributed by atoms with E-state index in [4.69, 9.17) is 9.47 Å². The molecule has 11 nitrogen and oxygen atoms in total. The van der Waals surface area contributed by atoms with Gasteiger partial charge in [0, 0.05) is 14.1 Å². The zero-order valence-corrected chi connectivity index (χ0v) is 19.7. The van der Waals surface area contributed by atoms with Crippen LogP contribution in [0.1, 0.15) is 26.3 Å². The van der Waals surface area contributed by atoms with Gasteiger partial charge in [-0.25, -0.2) is 10.2 Å². The van der Waals surface area contributed by atoms with Crippen LogP contribution >= 0.6 is 0 Å². The van der Waals surface area contributed by atoms with E-state index in [9.17, 15) is 14.7 Å². The van der Waals surface area contributed by atoms with E-state index in [0.717, 1.165) is 15.9 Å². The molecule has 0 fully saturated rings. The smallest absolute Gasteiger partial charge is 0.332 e. The molecule has 1 atom stereocenters. The van der Waals surface area contributed by atoms with Crippen LogP contribution in [-0.4, -0.2) is 55.4 Å². The molecule has 33 heavy (non-hydrogen) atoms. The SMILES string of the molecule is COc1ccc(/C(C)=N\Nc2nc3c(c(=O)n(C)c(=O)n3C)n2CC(O)COC(C)C)cc1. The second kappa shape index (κ2) is 10.0. The first-order valence-electron chi connectivity index (χ1n) is 10.5. The van der Waals surface area contributed by atoms with E-state index in [0.29, 0.717) is 5.71 Å². The fourth-order valence-electron chi connectivity index (χ4n) is 3.31. The number of aliphatic hydroxyl groups excluding tert-OH is 1. The molecule has 178 valence electrons. The Morgan fingerprint density at radius 3 is 2.45 bits per heavy atom. The van der Waals surface area contributed by atoms with E-state index in [-0.39, 0.29) is 36.4 Å². The van der Waals surface area contributed by atoms with Crippen molar-refractivity contribution in [3.63, 3.8) is 0 Å². The second-order valence-electron chi connectivity index (χ2n) is 8.00. The van der Waals surface area contributed by atoms with Crippen LogP contribution in [0.15, 0.2) is 39.0 Å². The van der Waals surface area contributed by atoms with Crippen LogP contribution in [0.5, 0.6) is 5.75 Å². The zero-order chi connectivity index (χ0) is 24.3. The summed E-state index contributed by atoms with van der Waals surface area (Å²) in [4.78, 5) is 29.7. The Balaban J connectivity index is 2.03. The van der Waals surface area contributed by atoms with Crippen LogP contribution in [-0.2, 0) is 25.4 Å². The lowest BCUT2D eigenvalue weighted by Gasteiger charge is -2.16. The molecule has 0 saturated heterocycles. The summed E-state index contributed by atoms with van der Waals surface area (Å²) in [6.45, 7) is 5.66. The van der Waals surface area contributed by atoms with Gasteiger partial charge in [0.05, 0.1) is 38.2 Å². The number of aliphatic hydroxyl groups is 1. The number of aryl methyl sites for hydroxylation is 1. The number of nitrogens with one attached hydrogen (secondary N) is 1. The number of ether oxygens (including phenoxy) is 2. The number of fused-ring (bicyclic) bond motifs is 1. The molecule has 0 aliphatic rings. The summed E-state index contributed by atoms with van der Waals surface area (Å²) in [5, 5.41) is 14.9. The van der Waals surface area contributed by atoms with Crippen molar-refractivity contribution in [2.24, 2.45) is 19.2 Å². The minimum Gasteiger partial charge on any atom is -0.497 e. The number of hydrogen-bond acceptors (Lipinski definition) is 8. The molecular weight excluding hydrogens is 428 g/mol. The largest absolute Gasteiger partial charge is 0.497 e. The number of imidazole rings is 1. The van der Waals surface area contributed by atoms with Gasteiger partial charge in [0.2, 0.25) is 5.95 Å². The molecule has 2 heterocycles. The van der Waals surface area contributed by atoms with Crippen LogP contribution in [0.3, 0.4) is 0 Å². The van der Waals surface area contributed by atoms with Crippen molar-refractivity contribution >= 4 is 22.8 Å². The van der Waals surface area contributed by atoms with Crippen molar-refractivity contribution in [2.75, 3.05) is 19.1 Å². The zero-order valence-electron chi connectivity index (χ0n) is 19.7. The highest BCUT2D eigenvalue weighted by Gasteiger charge is 2.21. The van der Waals surface area contributed by atoms with Crippen molar-refractivity contribution in [3.8, 4) is 5.75 Å². The summed E-state index contributed by atoms with van der Waals surface area (Å²) in [6.07, 6.45) is -0.957. The minimum atomic E-state index is -0.904. The van der Waals surface area contributed by atoms with E-state index in [2.05, 4.69) is 15.5 Å². The predicted molar refractivity (Wildman–Crippen MR) is 126 cm³/mol. The molecule has 0 aliphatic carbocycles. The summed E-state index contributed by atoms with van der Waals surface area (Å²) in [5.41, 5.74) is 3.79. The molecule has 0 radical (unpaired) electrons. The number of methoxy groups -OCH3 is 1. The van der Waals surface area contributed by atoms with Gasteiger partial charge >= 0.3 is 5.69 Å². The molecule has 1 aromatic carbocycles. The fraction of sp³-hybridized carbons (Fsp3) is 0.455. The van der Waals surface area contributed by atoms with E-state index in [1.807, 2.05) is 45.0 Å². The van der Waals surface area contributed by atoms with Crippen molar-refractivity contribution < 1.29 is 14.6 Å². The molecule has 3 aromatic rings. The number of anilines is 1. The Morgan fingerprint density at radius 1 is 1.18 bits per heavy atom. The first-order chi connectivity index (χ1) is 15.6. The van der Waals surface area contributed by atoms with E-state index in [1.54, 1.807) is 7.11 Å². The number of nitrogens with zero attached hydrogens (tertiary/aromatic N) is 5. The third kappa shape index (κ3) is 5.15. The number of hydrogen-bond donors (Lipinski definition) is 2. The summed E-state index contributed by atoms with van der Waals surface area (Å²) < 4.78 is 14.5. The lowest BCUT2D eigenvalue weighted by atomic mass is 10.1. The van der Waals surface area contributed by atoms with Crippen LogP contribution in [0.25, 0.3) is 11.2 Å². The Labute approximate surface area is 190 Å². The predicted octanol–water partition coefficient (Wildman–Crippen LogP) is 1.06. The van der Waals surface area contributed by atoms with Gasteiger partial charge in [-0.15, -0.1) is 0 Å². The molecule has 11 heteroatoms. The molecular formula is C22H30N6O5. The maximum Gasteiger partial charge on any atom is 0.332 e. The summed E-state index contributed by atoms with van der Waals surface area (Å²) in [6, 6.07) is 7.39. The van der Waals surface area contributed by atoms with Gasteiger partial charge in [0.25, 0.3) is 5.56 Å². The fourth-order valence-corrected chi connectivity index (χ4v) is 3.31. The van der Waals surface area contributed by atoms with Crippen LogP contribution in [0.2, 0.25) is 0 Å². The Bertz CT molecular complexity index is 1270. The van der Waals surface area contributed by atoms with Crippen LogP contribution in [0, 0.1) is 0 Å². The van der Waals surface area contributed by atoms with Gasteiger partial charge in [-0.1, -0.05) is 0 Å². The van der Waals surface area contributed by atoms with Gasteiger partial charge < -0.3 is 19.1 Å². The Morgan fingerprint density at radius 2 is 1.85 bits per heavy atom. The summed E-state index contributed by atoms with van der Waals surface area (Å²) in [7, 11) is 4.54. The highest BCUT2D eigenvalue weighted by atomic mass is 16.5. The van der Waals surface area contributed by atoms with Gasteiger partial charge in [-0.2, -0.15) is 10.1 Å². The topological polar surface area (TPSA) is 125 Å². The summed E-state index contributed by atoms with van der Waals surface area (Å²) in [5.74, 6) is 0.954. The molecule has 0 bridgehead atoms. The first kappa shape index (κ1) is 24.2. The maximum absolute atomic E-state index is 12.9. The molecule has 0 amide bonds. The van der Waals surface area contributed by atoms with E-state index < -0.39 is 17.4 Å². The average molecular weight is 459 g/mol. The maximum atomic E-state index is 12.9. The molecule has 0 spiro atoms. The van der Waals surface area contributed by atoms with Gasteiger partial charge in [-0.05, 0) is 50.6 Å². The average Bonchev–Trinajstić information content (AvgIpc) is 3.16. The Kier molecular flexibility index (Phi) is 7.34. The minimum absolute atomic E-state index is 0.0239. The van der Waals surface area contributed by atoms with Crippen molar-refractivity contribution in [3.05, 3.63) is 50.7 Å². The van der Waals surface area contributed by atoms with Gasteiger partial charge in [0.15, 0.2) is 11.2 Å². The lowest BCUT2D eigenvalue weighted by molar-refractivity contribution is -0.000110. The van der Waals surface area contributed by atoms with Gasteiger partial charge in [-0.3, -0.25) is 13.9 Å². The quantitative estimate of drug-likeness (QED) is 0.363. The van der Waals surface area contributed by atoms with Crippen molar-refractivity contribution in [1.29, 1.82) is 0 Å². The van der Waals surface area contributed by atoms with E-state index in [1.165, 1.54) is 23.2 Å². The van der Waals surface area contributed by atoms with Crippen molar-refractivity contribution in [1.82, 2.24) is 18.7 Å². The van der Waals surface area contributed by atoms with Gasteiger partial charge in [0.1, 0.15) is 5.75 Å². The number of benzene rings is 1. The van der Waals surface area contributed by atoms with Crippen LogP contribution < -0.4 is 21.4 Å². The molecule has 0 aliphatic heterocycles. The molecule has 1 unspecified atom stereocenters. The number of rotatable bonds is 9. The number of aromatic nitrogens is 4. The second-order valence-corrected chi connectivity index (χ2v) is 8.00. The van der Waals surface area contributed by atoms with E-state index >= 15 is 0 Å². The highest BCUT2D eigenvalue weighted by molar-refractivity contribution is 5.99. The third-order valence-electron chi connectivity index (χ3n) is 5.19. The molecule has 2 aromatic heterocycles. The van der Waals surface area contributed by atoms with Crippen molar-refractivity contribution in [2.45, 2.75) is 39.5 Å². The Hall–Kier alpha value is -3.44. The third-order valence-corrected chi connectivity index (χ3v) is 5.19. The monoisotopic (exact) mass is 458 g/mol. The highest BCUT2D eigenvalue weighted by Crippen LogP contribution is 2.18. The standard InChI is InChI=1S/C22H30N6O5/c1-13(2)33-12-16(29)11-28-18-19(26(4)22(31)27(5)20(18)30)23-21(28)25-24-14(3)15-7-9-17(32-6)10-8-15/h7-10,13,16,29H,11-12H2,1-6H3,(H,23,25)/b24-14-. The normalized spacial score (nSPS) is 13.0. The first-order valence-corrected chi connectivity index (χ1v) is 10.5. The molecule has 3 rings (SSSR count). The molecule has 0 saturated carbocycles. The summed E-state index contributed by atoms with van der Waals surface area (Å²) >= 11 is 0. The lowest BCUT2D eigenvalue weighted by Crippen LogP contribution is -2.38. The molecule has 2 N–H and O–H groups in total. The number of hydrazone groups is 1.